The Bertz CT molecular complexity index is 424. The topological polar surface area (TPSA) is 29.5 Å². The van der Waals surface area contributed by atoms with E-state index in [4.69, 9.17) is 4.74 Å². The summed E-state index contributed by atoms with van der Waals surface area (Å²) in [5.74, 6) is 0.850. The third-order valence-electron chi connectivity index (χ3n) is 3.67. The van der Waals surface area contributed by atoms with Gasteiger partial charge in [0.2, 0.25) is 0 Å². The minimum absolute atomic E-state index is 0.236. The smallest absolute Gasteiger partial charge is 0.128 e. The van der Waals surface area contributed by atoms with Crippen molar-refractivity contribution in [2.45, 2.75) is 37.9 Å². The fraction of sp³-hybridized carbons (Fsp3) is 0.538. The van der Waals surface area contributed by atoms with Gasteiger partial charge in [-0.1, -0.05) is 6.92 Å². The van der Waals surface area contributed by atoms with Crippen LogP contribution >= 0.6 is 0 Å². The van der Waals surface area contributed by atoms with Gasteiger partial charge in [0.05, 0.1) is 6.10 Å². The molecule has 1 N–H and O–H groups in total. The lowest BCUT2D eigenvalue weighted by Gasteiger charge is -2.50. The lowest BCUT2D eigenvalue weighted by atomic mass is 9.67. The minimum atomic E-state index is -0.517. The molecule has 1 atom stereocenters. The Morgan fingerprint density at radius 3 is 2.81 bits per heavy atom. The van der Waals surface area contributed by atoms with Gasteiger partial charge in [0.15, 0.2) is 0 Å². The molecule has 0 bridgehead atoms. The number of aliphatic hydroxyl groups excluding tert-OH is 1. The van der Waals surface area contributed by atoms with Crippen LogP contribution in [0.3, 0.4) is 0 Å². The van der Waals surface area contributed by atoms with E-state index >= 15 is 0 Å². The van der Waals surface area contributed by atoms with Gasteiger partial charge in [-0.3, -0.25) is 0 Å². The standard InChI is InChI=1S/C13H15FO2/c1-8-5-13(6-8)7-11(15)10-3-2-9(14)4-12(10)16-13/h2-4,8,11,15H,5-7H2,1H3/t8?,11-,13?/m0/s1. The van der Waals surface area contributed by atoms with Crippen LogP contribution in [0.15, 0.2) is 18.2 Å². The summed E-state index contributed by atoms with van der Waals surface area (Å²) in [5.41, 5.74) is 0.478. The number of aliphatic hydroxyl groups is 1. The summed E-state index contributed by atoms with van der Waals surface area (Å²) < 4.78 is 19.0. The Hall–Kier alpha value is -1.09. The average Bonchev–Trinajstić information content (AvgIpc) is 2.14. The van der Waals surface area contributed by atoms with E-state index in [1.807, 2.05) is 0 Å². The Morgan fingerprint density at radius 2 is 2.12 bits per heavy atom. The van der Waals surface area contributed by atoms with Gasteiger partial charge in [-0.2, -0.15) is 0 Å². The van der Waals surface area contributed by atoms with Crippen molar-refractivity contribution in [2.75, 3.05) is 0 Å². The second kappa shape index (κ2) is 3.20. The molecule has 1 saturated carbocycles. The maximum Gasteiger partial charge on any atom is 0.128 e. The van der Waals surface area contributed by atoms with Crippen molar-refractivity contribution in [1.29, 1.82) is 0 Å². The zero-order chi connectivity index (χ0) is 11.3. The van der Waals surface area contributed by atoms with Gasteiger partial charge in [0.25, 0.3) is 0 Å². The Labute approximate surface area is 94.0 Å². The van der Waals surface area contributed by atoms with Gasteiger partial charge >= 0.3 is 0 Å². The van der Waals surface area contributed by atoms with Crippen LogP contribution in [-0.4, -0.2) is 10.7 Å². The fourth-order valence-electron chi connectivity index (χ4n) is 3.07. The average molecular weight is 222 g/mol. The summed E-state index contributed by atoms with van der Waals surface area (Å²) in [6, 6.07) is 4.36. The summed E-state index contributed by atoms with van der Waals surface area (Å²) in [6.45, 7) is 2.17. The first kappa shape index (κ1) is 10.1. The molecule has 0 saturated heterocycles. The molecule has 0 amide bonds. The summed E-state index contributed by atoms with van der Waals surface area (Å²) in [5, 5.41) is 10.0. The highest BCUT2D eigenvalue weighted by Crippen LogP contribution is 2.51. The van der Waals surface area contributed by atoms with E-state index in [0.717, 1.165) is 12.8 Å². The molecule has 0 aromatic heterocycles. The zero-order valence-electron chi connectivity index (χ0n) is 9.24. The van der Waals surface area contributed by atoms with Gasteiger partial charge in [-0.25, -0.2) is 4.39 Å². The van der Waals surface area contributed by atoms with Crippen molar-refractivity contribution >= 4 is 0 Å². The summed E-state index contributed by atoms with van der Waals surface area (Å²) >= 11 is 0. The second-order valence-corrected chi connectivity index (χ2v) is 5.20. The molecule has 1 heterocycles. The molecular formula is C13H15FO2. The van der Waals surface area contributed by atoms with E-state index in [1.165, 1.54) is 12.1 Å². The molecule has 0 unspecified atom stereocenters. The lowest BCUT2D eigenvalue weighted by Crippen LogP contribution is -2.51. The number of benzene rings is 1. The monoisotopic (exact) mass is 222 g/mol. The first-order valence-electron chi connectivity index (χ1n) is 5.74. The normalized spacial score (nSPS) is 36.4. The van der Waals surface area contributed by atoms with Gasteiger partial charge in [0, 0.05) is 18.1 Å². The molecule has 1 spiro atoms. The van der Waals surface area contributed by atoms with Gasteiger partial charge < -0.3 is 9.84 Å². The van der Waals surface area contributed by atoms with Crippen molar-refractivity contribution in [3.63, 3.8) is 0 Å². The molecule has 0 radical (unpaired) electrons. The number of hydrogen-bond acceptors (Lipinski definition) is 2. The predicted octanol–water partition coefficient (Wildman–Crippen LogP) is 2.81. The second-order valence-electron chi connectivity index (χ2n) is 5.20. The van der Waals surface area contributed by atoms with E-state index in [1.54, 1.807) is 6.07 Å². The maximum absolute atomic E-state index is 13.1. The van der Waals surface area contributed by atoms with Crippen LogP contribution in [0.25, 0.3) is 0 Å². The van der Waals surface area contributed by atoms with Crippen molar-refractivity contribution in [2.24, 2.45) is 5.92 Å². The van der Waals surface area contributed by atoms with Crippen LogP contribution < -0.4 is 4.74 Å². The molecule has 3 rings (SSSR count). The zero-order valence-corrected chi connectivity index (χ0v) is 9.24. The van der Waals surface area contributed by atoms with Crippen LogP contribution in [-0.2, 0) is 0 Å². The molecule has 16 heavy (non-hydrogen) atoms. The van der Waals surface area contributed by atoms with Crippen molar-refractivity contribution in [3.8, 4) is 5.75 Å². The van der Waals surface area contributed by atoms with Crippen molar-refractivity contribution < 1.29 is 14.2 Å². The number of rotatable bonds is 0. The maximum atomic E-state index is 13.1. The van der Waals surface area contributed by atoms with Gasteiger partial charge in [0.1, 0.15) is 17.2 Å². The first-order chi connectivity index (χ1) is 7.58. The SMILES string of the molecule is CC1CC2(C1)C[C@H](O)c1ccc(F)cc1O2. The number of halogens is 1. The Morgan fingerprint density at radius 1 is 1.38 bits per heavy atom. The van der Waals surface area contributed by atoms with Crippen molar-refractivity contribution in [1.82, 2.24) is 0 Å². The van der Waals surface area contributed by atoms with E-state index in [2.05, 4.69) is 6.92 Å². The predicted molar refractivity (Wildman–Crippen MR) is 57.7 cm³/mol. The molecule has 86 valence electrons. The van der Waals surface area contributed by atoms with Crippen LogP contribution in [0.2, 0.25) is 0 Å². The van der Waals surface area contributed by atoms with Gasteiger partial charge in [-0.15, -0.1) is 0 Å². The summed E-state index contributed by atoms with van der Waals surface area (Å²) in [7, 11) is 0. The van der Waals surface area contributed by atoms with Crippen molar-refractivity contribution in [3.05, 3.63) is 29.6 Å². The number of ether oxygens (including phenoxy) is 1. The van der Waals surface area contributed by atoms with Crippen LogP contribution in [0, 0.1) is 11.7 Å². The number of hydrogen-bond donors (Lipinski definition) is 1. The highest BCUT2D eigenvalue weighted by Gasteiger charge is 2.48. The van der Waals surface area contributed by atoms with Crippen LogP contribution in [0.4, 0.5) is 4.39 Å². The Balaban J connectivity index is 1.95. The van der Waals surface area contributed by atoms with Crippen LogP contribution in [0.5, 0.6) is 5.75 Å². The highest BCUT2D eigenvalue weighted by atomic mass is 19.1. The molecule has 2 aliphatic rings. The van der Waals surface area contributed by atoms with Crippen LogP contribution in [0.1, 0.15) is 37.9 Å². The fourth-order valence-corrected chi connectivity index (χ4v) is 3.07. The summed E-state index contributed by atoms with van der Waals surface area (Å²) in [4.78, 5) is 0. The lowest BCUT2D eigenvalue weighted by molar-refractivity contribution is -0.0927. The first-order valence-corrected chi connectivity index (χ1v) is 5.74. The molecule has 1 aliphatic heterocycles. The quantitative estimate of drug-likeness (QED) is 0.731. The molecule has 3 heteroatoms. The van der Waals surface area contributed by atoms with E-state index in [-0.39, 0.29) is 11.4 Å². The molecule has 1 aliphatic carbocycles. The Kier molecular flexibility index (Phi) is 2.02. The molecular weight excluding hydrogens is 207 g/mol. The number of fused-ring (bicyclic) bond motifs is 1. The van der Waals surface area contributed by atoms with E-state index in [0.29, 0.717) is 23.7 Å². The summed E-state index contributed by atoms with van der Waals surface area (Å²) in [6.07, 6.45) is 2.03. The molecule has 1 aromatic rings. The third-order valence-corrected chi connectivity index (χ3v) is 3.67. The minimum Gasteiger partial charge on any atom is -0.487 e. The molecule has 1 aromatic carbocycles. The third kappa shape index (κ3) is 1.42. The van der Waals surface area contributed by atoms with E-state index < -0.39 is 6.10 Å². The largest absolute Gasteiger partial charge is 0.487 e. The van der Waals surface area contributed by atoms with E-state index in [9.17, 15) is 9.50 Å². The molecule has 1 fully saturated rings. The highest BCUT2D eigenvalue weighted by molar-refractivity contribution is 5.39. The van der Waals surface area contributed by atoms with Gasteiger partial charge in [-0.05, 0) is 30.9 Å². The molecule has 2 nitrogen and oxygen atoms in total.